The van der Waals surface area contributed by atoms with E-state index in [1.54, 1.807) is 18.2 Å². The van der Waals surface area contributed by atoms with Crippen molar-refractivity contribution in [2.75, 3.05) is 5.32 Å². The lowest BCUT2D eigenvalue weighted by Crippen LogP contribution is -2.30. The first-order valence-corrected chi connectivity index (χ1v) is 7.94. The number of hydrogen-bond acceptors (Lipinski definition) is 4. The second-order valence-corrected chi connectivity index (χ2v) is 6.63. The molecule has 1 amide bonds. The first-order chi connectivity index (χ1) is 11.4. The van der Waals surface area contributed by atoms with Gasteiger partial charge < -0.3 is 21.3 Å². The van der Waals surface area contributed by atoms with Crippen LogP contribution in [0.1, 0.15) is 24.8 Å². The van der Waals surface area contributed by atoms with Gasteiger partial charge in [0.2, 0.25) is 5.91 Å². The molecule has 2 saturated carbocycles. The molecule has 7 heteroatoms. The summed E-state index contributed by atoms with van der Waals surface area (Å²) in [5.41, 5.74) is 6.06. The summed E-state index contributed by atoms with van der Waals surface area (Å²) in [6, 6.07) is 7.07. The Morgan fingerprint density at radius 2 is 1.96 bits per heavy atom. The van der Waals surface area contributed by atoms with Crippen LogP contribution in [0.3, 0.4) is 0 Å². The van der Waals surface area contributed by atoms with Gasteiger partial charge in [0.15, 0.2) is 0 Å². The molecule has 1 aromatic carbocycles. The molecule has 2 fully saturated rings. The number of nitrogens with one attached hydrogen (secondary N) is 1. The average Bonchev–Trinajstić information content (AvgIpc) is 3.00. The first-order valence-electron chi connectivity index (χ1n) is 7.94. The molecule has 3 rings (SSSR count). The molecule has 1 aromatic rings. The summed E-state index contributed by atoms with van der Waals surface area (Å²) in [7, 11) is 0. The highest BCUT2D eigenvalue weighted by Gasteiger charge is 2.76. The average molecular weight is 332 g/mol. The number of nitrogens with two attached hydrogens (primary N) is 1. The number of carbonyl (C=O) groups excluding carboxylic acids is 1. The molecule has 0 bridgehead atoms. The molecule has 2 aliphatic rings. The van der Waals surface area contributed by atoms with Crippen LogP contribution in [-0.4, -0.2) is 28.1 Å². The smallest absolute Gasteiger partial charge is 0.307 e. The molecule has 0 spiro atoms. The Morgan fingerprint density at radius 1 is 1.21 bits per heavy atom. The van der Waals surface area contributed by atoms with E-state index >= 15 is 0 Å². The van der Waals surface area contributed by atoms with Crippen LogP contribution in [0.5, 0.6) is 0 Å². The van der Waals surface area contributed by atoms with Crippen LogP contribution in [0.15, 0.2) is 24.3 Å². The lowest BCUT2D eigenvalue weighted by Gasteiger charge is -2.20. The zero-order chi connectivity index (χ0) is 17.5. The van der Waals surface area contributed by atoms with Crippen LogP contribution < -0.4 is 11.1 Å². The Labute approximate surface area is 138 Å². The quantitative estimate of drug-likeness (QED) is 0.621. The lowest BCUT2D eigenvalue weighted by atomic mass is 9.84. The zero-order valence-corrected chi connectivity index (χ0v) is 13.1. The van der Waals surface area contributed by atoms with Crippen molar-refractivity contribution in [2.45, 2.75) is 25.8 Å². The predicted octanol–water partition coefficient (Wildman–Crippen LogP) is 1.29. The SMILES string of the molecule is NCc1cccc(NC(=O)CC23C(C(=O)O)CCC2C3C(=O)O)c1. The number of anilines is 1. The van der Waals surface area contributed by atoms with Crippen molar-refractivity contribution in [1.82, 2.24) is 0 Å². The van der Waals surface area contributed by atoms with E-state index in [0.29, 0.717) is 25.1 Å². The Kier molecular flexibility index (Phi) is 4.04. The van der Waals surface area contributed by atoms with Gasteiger partial charge in [-0.2, -0.15) is 0 Å². The highest BCUT2D eigenvalue weighted by atomic mass is 16.4. The number of benzene rings is 1. The molecule has 0 aliphatic heterocycles. The van der Waals surface area contributed by atoms with Gasteiger partial charge in [0.1, 0.15) is 0 Å². The normalized spacial score (nSPS) is 30.5. The maximum absolute atomic E-state index is 12.4. The first kappa shape index (κ1) is 16.4. The summed E-state index contributed by atoms with van der Waals surface area (Å²) < 4.78 is 0. The minimum Gasteiger partial charge on any atom is -0.481 e. The van der Waals surface area contributed by atoms with Crippen LogP contribution in [0.4, 0.5) is 5.69 Å². The van der Waals surface area contributed by atoms with Crippen molar-refractivity contribution < 1.29 is 24.6 Å². The second kappa shape index (κ2) is 5.90. The zero-order valence-electron chi connectivity index (χ0n) is 13.1. The molecule has 0 saturated heterocycles. The van der Waals surface area contributed by atoms with Crippen LogP contribution in [-0.2, 0) is 20.9 Å². The Hall–Kier alpha value is -2.41. The molecule has 0 aromatic heterocycles. The summed E-state index contributed by atoms with van der Waals surface area (Å²) in [4.78, 5) is 35.3. The van der Waals surface area contributed by atoms with Gasteiger partial charge in [0, 0.05) is 24.1 Å². The van der Waals surface area contributed by atoms with Gasteiger partial charge in [-0.15, -0.1) is 0 Å². The van der Waals surface area contributed by atoms with Gasteiger partial charge in [-0.25, -0.2) is 0 Å². The fourth-order valence-corrected chi connectivity index (χ4v) is 4.44. The van der Waals surface area contributed by atoms with Crippen LogP contribution in [0.25, 0.3) is 0 Å². The van der Waals surface area contributed by atoms with Gasteiger partial charge in [-0.05, 0) is 36.5 Å². The van der Waals surface area contributed by atoms with Crippen molar-refractivity contribution >= 4 is 23.5 Å². The standard InChI is InChI=1S/C17H20N2O5/c18-8-9-2-1-3-10(6-9)19-13(20)7-17-11(14(17)16(23)24)4-5-12(17)15(21)22/h1-3,6,11-12,14H,4-5,7-8,18H2,(H,19,20)(H,21,22)(H,23,24). The van der Waals surface area contributed by atoms with Crippen molar-refractivity contribution in [2.24, 2.45) is 28.9 Å². The van der Waals surface area contributed by atoms with E-state index in [2.05, 4.69) is 5.32 Å². The molecule has 0 radical (unpaired) electrons. The Bertz CT molecular complexity index is 704. The molecule has 24 heavy (non-hydrogen) atoms. The summed E-state index contributed by atoms with van der Waals surface area (Å²) >= 11 is 0. The van der Waals surface area contributed by atoms with Crippen molar-refractivity contribution in [3.63, 3.8) is 0 Å². The topological polar surface area (TPSA) is 130 Å². The maximum Gasteiger partial charge on any atom is 0.307 e. The van der Waals surface area contributed by atoms with Crippen molar-refractivity contribution in [3.8, 4) is 0 Å². The monoisotopic (exact) mass is 332 g/mol. The minimum atomic E-state index is -1.01. The number of carbonyl (C=O) groups is 3. The van der Waals surface area contributed by atoms with Gasteiger partial charge in [0.25, 0.3) is 0 Å². The molecule has 0 heterocycles. The van der Waals surface area contributed by atoms with Gasteiger partial charge in [0.05, 0.1) is 11.8 Å². The number of rotatable bonds is 6. The number of fused-ring (bicyclic) bond motifs is 1. The highest BCUT2D eigenvalue weighted by molar-refractivity contribution is 5.94. The van der Waals surface area contributed by atoms with E-state index in [1.807, 2.05) is 6.07 Å². The number of carboxylic acids is 2. The van der Waals surface area contributed by atoms with Crippen LogP contribution >= 0.6 is 0 Å². The van der Waals surface area contributed by atoms with Gasteiger partial charge >= 0.3 is 11.9 Å². The number of amides is 1. The van der Waals surface area contributed by atoms with Crippen LogP contribution in [0, 0.1) is 23.2 Å². The highest BCUT2D eigenvalue weighted by Crippen LogP contribution is 2.72. The molecule has 128 valence electrons. The molecule has 5 N–H and O–H groups in total. The lowest BCUT2D eigenvalue weighted by molar-refractivity contribution is -0.146. The van der Waals surface area contributed by atoms with Crippen LogP contribution in [0.2, 0.25) is 0 Å². The van der Waals surface area contributed by atoms with Gasteiger partial charge in [-0.1, -0.05) is 12.1 Å². The second-order valence-electron chi connectivity index (χ2n) is 6.63. The molecule has 4 unspecified atom stereocenters. The minimum absolute atomic E-state index is 0.0849. The number of aliphatic carboxylic acids is 2. The summed E-state index contributed by atoms with van der Waals surface area (Å²) in [5.74, 6) is -4.12. The molecular weight excluding hydrogens is 312 g/mol. The number of carboxylic acid groups (broad SMARTS) is 2. The molecule has 2 aliphatic carbocycles. The predicted molar refractivity (Wildman–Crippen MR) is 85.0 cm³/mol. The third-order valence-electron chi connectivity index (χ3n) is 5.46. The maximum atomic E-state index is 12.4. The van der Waals surface area contributed by atoms with E-state index in [4.69, 9.17) is 5.73 Å². The largest absolute Gasteiger partial charge is 0.481 e. The fraction of sp³-hybridized carbons (Fsp3) is 0.471. The Balaban J connectivity index is 1.76. The summed E-state index contributed by atoms with van der Waals surface area (Å²) in [6.45, 7) is 0.345. The van der Waals surface area contributed by atoms with Crippen molar-refractivity contribution in [3.05, 3.63) is 29.8 Å². The summed E-state index contributed by atoms with van der Waals surface area (Å²) in [6.07, 6.45) is 0.891. The molecule has 4 atom stereocenters. The van der Waals surface area contributed by atoms with E-state index in [0.717, 1.165) is 5.56 Å². The van der Waals surface area contributed by atoms with Crippen molar-refractivity contribution in [1.29, 1.82) is 0 Å². The van der Waals surface area contributed by atoms with E-state index in [1.165, 1.54) is 0 Å². The number of hydrogen-bond donors (Lipinski definition) is 4. The Morgan fingerprint density at radius 3 is 2.54 bits per heavy atom. The molecule has 7 nitrogen and oxygen atoms in total. The third kappa shape index (κ3) is 2.54. The summed E-state index contributed by atoms with van der Waals surface area (Å²) in [5, 5.41) is 21.5. The third-order valence-corrected chi connectivity index (χ3v) is 5.46. The van der Waals surface area contributed by atoms with E-state index < -0.39 is 29.2 Å². The molecular formula is C17H20N2O5. The fourth-order valence-electron chi connectivity index (χ4n) is 4.44. The van der Waals surface area contributed by atoms with E-state index in [9.17, 15) is 24.6 Å². The van der Waals surface area contributed by atoms with Gasteiger partial charge in [-0.3, -0.25) is 14.4 Å². The van der Waals surface area contributed by atoms with E-state index in [-0.39, 0.29) is 18.2 Å².